The first kappa shape index (κ1) is 19.7. The van der Waals surface area contributed by atoms with Gasteiger partial charge in [0.1, 0.15) is 11.5 Å². The third-order valence-corrected chi connectivity index (χ3v) is 5.28. The van der Waals surface area contributed by atoms with Gasteiger partial charge in [-0.25, -0.2) is 0 Å². The van der Waals surface area contributed by atoms with Crippen molar-refractivity contribution in [3.63, 3.8) is 0 Å². The maximum absolute atomic E-state index is 13.0. The Labute approximate surface area is 178 Å². The Morgan fingerprint density at radius 1 is 0.933 bits per heavy atom. The van der Waals surface area contributed by atoms with E-state index in [1.165, 1.54) is 4.90 Å². The SMILES string of the molecule is COc1ccc([C@H]2C(=C(O)c3ccc(Cl)cc3)C(=O)C(=O)N2c2ccccc2)cc1. The minimum Gasteiger partial charge on any atom is -0.507 e. The van der Waals surface area contributed by atoms with Crippen LogP contribution < -0.4 is 9.64 Å². The normalized spacial score (nSPS) is 17.9. The molecule has 1 fully saturated rings. The van der Waals surface area contributed by atoms with Gasteiger partial charge >= 0.3 is 0 Å². The standard InChI is InChI=1S/C24H18ClNO4/c1-30-19-13-9-15(10-14-19)21-20(22(27)16-7-11-17(25)12-8-16)23(28)24(29)26(21)18-5-3-2-4-6-18/h2-14,21,27H,1H3/t21-/m0/s1. The van der Waals surface area contributed by atoms with Crippen LogP contribution in [0.15, 0.2) is 84.4 Å². The van der Waals surface area contributed by atoms with Crippen LogP contribution in [0.25, 0.3) is 5.76 Å². The number of carbonyl (C=O) groups excluding carboxylic acids is 2. The summed E-state index contributed by atoms with van der Waals surface area (Å²) in [5.74, 6) is -1.04. The number of anilines is 1. The van der Waals surface area contributed by atoms with Gasteiger partial charge in [-0.3, -0.25) is 14.5 Å². The zero-order valence-corrected chi connectivity index (χ0v) is 16.8. The van der Waals surface area contributed by atoms with E-state index in [2.05, 4.69) is 0 Å². The Bertz CT molecular complexity index is 1120. The van der Waals surface area contributed by atoms with E-state index in [0.29, 0.717) is 27.6 Å². The Morgan fingerprint density at radius 2 is 1.57 bits per heavy atom. The fourth-order valence-corrected chi connectivity index (χ4v) is 3.68. The maximum atomic E-state index is 13.0. The fraction of sp³-hybridized carbons (Fsp3) is 0.0833. The van der Waals surface area contributed by atoms with Gasteiger partial charge in [-0.15, -0.1) is 0 Å². The van der Waals surface area contributed by atoms with E-state index in [0.717, 1.165) is 0 Å². The van der Waals surface area contributed by atoms with Crippen molar-refractivity contribution in [3.8, 4) is 5.75 Å². The summed E-state index contributed by atoms with van der Waals surface area (Å²) in [4.78, 5) is 27.4. The number of rotatable bonds is 4. The number of benzene rings is 3. The highest BCUT2D eigenvalue weighted by Crippen LogP contribution is 2.42. The fourth-order valence-electron chi connectivity index (χ4n) is 3.55. The Kier molecular flexibility index (Phi) is 5.29. The summed E-state index contributed by atoms with van der Waals surface area (Å²) in [6.07, 6.45) is 0. The van der Waals surface area contributed by atoms with Crippen molar-refractivity contribution < 1.29 is 19.4 Å². The van der Waals surface area contributed by atoms with E-state index < -0.39 is 17.7 Å². The summed E-state index contributed by atoms with van der Waals surface area (Å²) in [6, 6.07) is 21.7. The van der Waals surface area contributed by atoms with Crippen molar-refractivity contribution in [2.24, 2.45) is 0 Å². The molecule has 1 N–H and O–H groups in total. The van der Waals surface area contributed by atoms with Crippen LogP contribution in [-0.2, 0) is 9.59 Å². The van der Waals surface area contributed by atoms with Gasteiger partial charge in [-0.05, 0) is 54.1 Å². The molecule has 0 bridgehead atoms. The molecule has 3 aromatic rings. The van der Waals surface area contributed by atoms with Gasteiger partial charge < -0.3 is 9.84 Å². The van der Waals surface area contributed by atoms with Crippen LogP contribution in [0.1, 0.15) is 17.2 Å². The average molecular weight is 420 g/mol. The topological polar surface area (TPSA) is 66.8 Å². The quantitative estimate of drug-likeness (QED) is 0.368. The van der Waals surface area contributed by atoms with Crippen LogP contribution in [0.2, 0.25) is 5.02 Å². The van der Waals surface area contributed by atoms with Crippen LogP contribution in [-0.4, -0.2) is 23.9 Å². The molecular weight excluding hydrogens is 402 g/mol. The number of para-hydroxylation sites is 1. The molecule has 1 saturated heterocycles. The van der Waals surface area contributed by atoms with E-state index in [1.54, 1.807) is 79.9 Å². The lowest BCUT2D eigenvalue weighted by Gasteiger charge is -2.25. The molecule has 1 aliphatic heterocycles. The molecule has 30 heavy (non-hydrogen) atoms. The number of aliphatic hydroxyl groups excluding tert-OH is 1. The predicted molar refractivity (Wildman–Crippen MR) is 116 cm³/mol. The minimum absolute atomic E-state index is 0.0244. The second kappa shape index (κ2) is 8.05. The Morgan fingerprint density at radius 3 is 2.17 bits per heavy atom. The number of carbonyl (C=O) groups is 2. The first-order chi connectivity index (χ1) is 14.5. The molecule has 1 atom stereocenters. The number of hydrogen-bond acceptors (Lipinski definition) is 4. The highest BCUT2D eigenvalue weighted by Gasteiger charge is 2.46. The number of aliphatic hydroxyl groups is 1. The molecule has 6 heteroatoms. The van der Waals surface area contributed by atoms with Gasteiger partial charge in [0.05, 0.1) is 18.7 Å². The number of ketones is 1. The zero-order valence-electron chi connectivity index (χ0n) is 16.1. The molecule has 150 valence electrons. The summed E-state index contributed by atoms with van der Waals surface area (Å²) in [5, 5.41) is 11.5. The second-order valence-corrected chi connectivity index (χ2v) is 7.22. The Hall–Kier alpha value is -3.57. The molecule has 0 unspecified atom stereocenters. The van der Waals surface area contributed by atoms with Gasteiger partial charge in [0.15, 0.2) is 0 Å². The maximum Gasteiger partial charge on any atom is 0.300 e. The van der Waals surface area contributed by atoms with E-state index >= 15 is 0 Å². The van der Waals surface area contributed by atoms with Crippen molar-refractivity contribution in [3.05, 3.63) is 101 Å². The molecule has 1 heterocycles. The van der Waals surface area contributed by atoms with Crippen LogP contribution in [0.5, 0.6) is 5.75 Å². The van der Waals surface area contributed by atoms with Crippen molar-refractivity contribution in [2.45, 2.75) is 6.04 Å². The van der Waals surface area contributed by atoms with Gasteiger partial charge in [0.2, 0.25) is 0 Å². The highest BCUT2D eigenvalue weighted by molar-refractivity contribution is 6.51. The van der Waals surface area contributed by atoms with Crippen molar-refractivity contribution in [1.29, 1.82) is 0 Å². The minimum atomic E-state index is -0.783. The molecular formula is C24H18ClNO4. The van der Waals surface area contributed by atoms with Crippen LogP contribution >= 0.6 is 11.6 Å². The summed E-state index contributed by atoms with van der Waals surface area (Å²) < 4.78 is 5.22. The number of Topliss-reactive ketones (excluding diaryl/α,β-unsaturated/α-hetero) is 1. The molecule has 4 rings (SSSR count). The van der Waals surface area contributed by atoms with Crippen molar-refractivity contribution >= 4 is 34.7 Å². The lowest BCUT2D eigenvalue weighted by molar-refractivity contribution is -0.132. The molecule has 5 nitrogen and oxygen atoms in total. The van der Waals surface area contributed by atoms with Crippen LogP contribution in [0, 0.1) is 0 Å². The smallest absolute Gasteiger partial charge is 0.300 e. The third-order valence-electron chi connectivity index (χ3n) is 5.03. The van der Waals surface area contributed by atoms with Crippen LogP contribution in [0.4, 0.5) is 5.69 Å². The molecule has 1 aliphatic rings. The highest BCUT2D eigenvalue weighted by atomic mass is 35.5. The number of methoxy groups -OCH3 is 1. The molecule has 0 radical (unpaired) electrons. The zero-order chi connectivity index (χ0) is 21.3. The third kappa shape index (κ3) is 3.44. The molecule has 0 aliphatic carbocycles. The molecule has 0 aromatic heterocycles. The largest absolute Gasteiger partial charge is 0.507 e. The number of ether oxygens (including phenoxy) is 1. The van der Waals surface area contributed by atoms with Gasteiger partial charge in [0.25, 0.3) is 11.7 Å². The van der Waals surface area contributed by atoms with Gasteiger partial charge in [0, 0.05) is 16.3 Å². The monoisotopic (exact) mass is 419 g/mol. The molecule has 1 amide bonds. The lowest BCUT2D eigenvalue weighted by Crippen LogP contribution is -2.29. The molecule has 0 saturated carbocycles. The van der Waals surface area contributed by atoms with E-state index in [-0.39, 0.29) is 11.3 Å². The number of nitrogens with zero attached hydrogens (tertiary/aromatic N) is 1. The summed E-state index contributed by atoms with van der Waals surface area (Å²) in [6.45, 7) is 0. The van der Waals surface area contributed by atoms with E-state index in [4.69, 9.17) is 16.3 Å². The van der Waals surface area contributed by atoms with E-state index in [1.807, 2.05) is 6.07 Å². The van der Waals surface area contributed by atoms with Crippen molar-refractivity contribution in [1.82, 2.24) is 0 Å². The Balaban J connectivity index is 1.92. The van der Waals surface area contributed by atoms with Gasteiger partial charge in [-0.1, -0.05) is 41.9 Å². The summed E-state index contributed by atoms with van der Waals surface area (Å²) >= 11 is 5.95. The van der Waals surface area contributed by atoms with Crippen molar-refractivity contribution in [2.75, 3.05) is 12.0 Å². The van der Waals surface area contributed by atoms with Crippen LogP contribution in [0.3, 0.4) is 0 Å². The molecule has 3 aromatic carbocycles. The number of halogens is 1. The second-order valence-electron chi connectivity index (χ2n) is 6.78. The van der Waals surface area contributed by atoms with Gasteiger partial charge in [-0.2, -0.15) is 0 Å². The summed E-state index contributed by atoms with van der Waals surface area (Å²) in [5.41, 5.74) is 1.67. The predicted octanol–water partition coefficient (Wildman–Crippen LogP) is 4.97. The molecule has 0 spiro atoms. The number of hydrogen-bond donors (Lipinski definition) is 1. The first-order valence-electron chi connectivity index (χ1n) is 9.27. The number of amides is 1. The first-order valence-corrected chi connectivity index (χ1v) is 9.65. The average Bonchev–Trinajstić information content (AvgIpc) is 3.05. The summed E-state index contributed by atoms with van der Waals surface area (Å²) in [7, 11) is 1.56. The van der Waals surface area contributed by atoms with E-state index in [9.17, 15) is 14.7 Å². The lowest BCUT2D eigenvalue weighted by atomic mass is 9.95.